The van der Waals surface area contributed by atoms with E-state index in [1.54, 1.807) is 28.2 Å². The number of hydrogen-bond acceptors (Lipinski definition) is 8. The first-order valence-electron chi connectivity index (χ1n) is 8.13. The van der Waals surface area contributed by atoms with Crippen molar-refractivity contribution < 1.29 is 9.53 Å². The number of benzene rings is 1. The number of carbonyl (C=O) groups is 1. The third kappa shape index (κ3) is 3.31. The van der Waals surface area contributed by atoms with E-state index in [0.29, 0.717) is 23.0 Å². The van der Waals surface area contributed by atoms with Crippen LogP contribution in [-0.2, 0) is 4.79 Å². The molecule has 136 valence electrons. The lowest BCUT2D eigenvalue weighted by atomic mass is 10.1. The van der Waals surface area contributed by atoms with Gasteiger partial charge in [-0.25, -0.2) is 0 Å². The molecule has 1 aromatic heterocycles. The maximum absolute atomic E-state index is 11.5. The molecule has 4 rings (SSSR count). The molecule has 1 unspecified atom stereocenters. The number of carbonyl (C=O) groups excluding carboxylic acids is 1. The van der Waals surface area contributed by atoms with Gasteiger partial charge in [-0.05, 0) is 36.6 Å². The fraction of sp³-hybridized carbons (Fsp3) is 0.375. The van der Waals surface area contributed by atoms with Crippen LogP contribution in [0.4, 0.5) is 5.69 Å². The summed E-state index contributed by atoms with van der Waals surface area (Å²) >= 11 is 3.32. The number of nitrogens with zero attached hydrogens (tertiary/aromatic N) is 4. The summed E-state index contributed by atoms with van der Waals surface area (Å²) in [6.07, 6.45) is 2.87. The van der Waals surface area contributed by atoms with Gasteiger partial charge in [0.2, 0.25) is 5.16 Å². The van der Waals surface area contributed by atoms with Crippen molar-refractivity contribution in [3.05, 3.63) is 29.6 Å². The Bertz CT molecular complexity index is 882. The van der Waals surface area contributed by atoms with Crippen LogP contribution in [0.5, 0.6) is 5.75 Å². The second-order valence-corrected chi connectivity index (χ2v) is 7.85. The Hall–Kier alpha value is -2.04. The van der Waals surface area contributed by atoms with Crippen LogP contribution in [0, 0.1) is 0 Å². The third-order valence-electron chi connectivity index (χ3n) is 4.11. The summed E-state index contributed by atoms with van der Waals surface area (Å²) in [7, 11) is 0. The fourth-order valence-corrected chi connectivity index (χ4v) is 4.09. The highest BCUT2D eigenvalue weighted by Crippen LogP contribution is 2.31. The lowest BCUT2D eigenvalue weighted by Crippen LogP contribution is -2.26. The van der Waals surface area contributed by atoms with Crippen molar-refractivity contribution in [1.82, 2.24) is 14.9 Å². The minimum absolute atomic E-state index is 0.0461. The average Bonchev–Trinajstić information content (AvgIpc) is 3.08. The largest absolute Gasteiger partial charge is 0.482 e. The lowest BCUT2D eigenvalue weighted by molar-refractivity contribution is -0.118. The summed E-state index contributed by atoms with van der Waals surface area (Å²) in [5.74, 6) is 2.82. The molecular formula is C16H18N6O2S2. The summed E-state index contributed by atoms with van der Waals surface area (Å²) in [5, 5.41) is 16.7. The van der Waals surface area contributed by atoms with Crippen molar-refractivity contribution in [2.45, 2.75) is 17.6 Å². The zero-order chi connectivity index (χ0) is 18.1. The molecule has 0 saturated carbocycles. The van der Waals surface area contributed by atoms with E-state index in [0.717, 1.165) is 28.6 Å². The topological polar surface area (TPSA) is 107 Å². The Morgan fingerprint density at radius 3 is 3.19 bits per heavy atom. The van der Waals surface area contributed by atoms with Crippen LogP contribution in [0.25, 0.3) is 0 Å². The second-order valence-electron chi connectivity index (χ2n) is 5.92. The van der Waals surface area contributed by atoms with Crippen molar-refractivity contribution in [3.63, 3.8) is 0 Å². The lowest BCUT2D eigenvalue weighted by Gasteiger charge is -2.20. The number of fused-ring (bicyclic) bond motifs is 2. The van der Waals surface area contributed by atoms with Crippen LogP contribution >= 0.6 is 23.5 Å². The van der Waals surface area contributed by atoms with Gasteiger partial charge in [0.15, 0.2) is 12.4 Å². The van der Waals surface area contributed by atoms with E-state index in [4.69, 9.17) is 15.6 Å². The number of amides is 1. The molecule has 2 aliphatic heterocycles. The molecule has 0 bridgehead atoms. The van der Waals surface area contributed by atoms with Gasteiger partial charge in [0.25, 0.3) is 5.91 Å². The van der Waals surface area contributed by atoms with Crippen molar-refractivity contribution in [1.29, 1.82) is 0 Å². The standard InChI is InChI=1S/C16H18N6O2S2/c1-25-5-4-10(17)15-19-20-16-22(15)21-12(8-26-16)9-2-3-13-11(6-9)18-14(23)7-24-13/h2-3,6,10H,4-5,7-8,17H2,1H3,(H,18,23). The normalized spacial score (nSPS) is 16.8. The number of hydrogen-bond donors (Lipinski definition) is 2. The van der Waals surface area contributed by atoms with Gasteiger partial charge < -0.3 is 15.8 Å². The van der Waals surface area contributed by atoms with E-state index in [9.17, 15) is 4.79 Å². The first-order chi connectivity index (χ1) is 12.7. The Morgan fingerprint density at radius 2 is 2.35 bits per heavy atom. The first kappa shape index (κ1) is 17.4. The molecule has 1 atom stereocenters. The number of ether oxygens (including phenoxy) is 1. The van der Waals surface area contributed by atoms with Crippen LogP contribution in [0.2, 0.25) is 0 Å². The number of nitrogens with two attached hydrogens (primary N) is 1. The Morgan fingerprint density at radius 1 is 1.46 bits per heavy atom. The molecular weight excluding hydrogens is 372 g/mol. The molecule has 2 aliphatic rings. The molecule has 10 heteroatoms. The highest BCUT2D eigenvalue weighted by Gasteiger charge is 2.24. The smallest absolute Gasteiger partial charge is 0.262 e. The Balaban J connectivity index is 1.65. The Labute approximate surface area is 158 Å². The fourth-order valence-electron chi connectivity index (χ4n) is 2.75. The molecule has 1 aromatic carbocycles. The molecule has 0 aliphatic carbocycles. The van der Waals surface area contributed by atoms with E-state index in [1.165, 1.54) is 0 Å². The van der Waals surface area contributed by atoms with Crippen molar-refractivity contribution >= 4 is 40.8 Å². The molecule has 26 heavy (non-hydrogen) atoms. The maximum atomic E-state index is 11.5. The van der Waals surface area contributed by atoms with Crippen LogP contribution in [-0.4, -0.2) is 50.9 Å². The molecule has 3 heterocycles. The van der Waals surface area contributed by atoms with Crippen molar-refractivity contribution in [2.24, 2.45) is 10.8 Å². The quantitative estimate of drug-likeness (QED) is 0.800. The van der Waals surface area contributed by atoms with Crippen LogP contribution < -0.4 is 15.8 Å². The van der Waals surface area contributed by atoms with Crippen LogP contribution in [0.1, 0.15) is 23.9 Å². The summed E-state index contributed by atoms with van der Waals surface area (Å²) in [5.41, 5.74) is 8.72. The van der Waals surface area contributed by atoms with Gasteiger partial charge >= 0.3 is 0 Å². The Kier molecular flexibility index (Phi) is 4.88. The highest BCUT2D eigenvalue weighted by molar-refractivity contribution is 7.99. The minimum atomic E-state index is -0.205. The van der Waals surface area contributed by atoms with Crippen LogP contribution in [0.15, 0.2) is 28.5 Å². The predicted molar refractivity (Wildman–Crippen MR) is 103 cm³/mol. The van der Waals surface area contributed by atoms with Gasteiger partial charge in [0.1, 0.15) is 5.75 Å². The average molecular weight is 390 g/mol. The maximum Gasteiger partial charge on any atom is 0.262 e. The summed E-state index contributed by atoms with van der Waals surface area (Å²) in [6, 6.07) is 5.47. The number of rotatable bonds is 5. The van der Waals surface area contributed by atoms with Gasteiger partial charge in [-0.15, -0.1) is 10.2 Å². The van der Waals surface area contributed by atoms with Gasteiger partial charge in [0.05, 0.1) is 17.4 Å². The molecule has 3 N–H and O–H groups in total. The molecule has 2 aromatic rings. The highest BCUT2D eigenvalue weighted by atomic mass is 32.2. The molecule has 0 radical (unpaired) electrons. The van der Waals surface area contributed by atoms with E-state index < -0.39 is 0 Å². The second kappa shape index (κ2) is 7.29. The molecule has 8 nitrogen and oxygen atoms in total. The molecule has 0 spiro atoms. The summed E-state index contributed by atoms with van der Waals surface area (Å²) < 4.78 is 7.15. The minimum Gasteiger partial charge on any atom is -0.482 e. The van der Waals surface area contributed by atoms with Gasteiger partial charge in [-0.1, -0.05) is 11.8 Å². The molecule has 1 amide bonds. The number of nitrogens with one attached hydrogen (secondary N) is 1. The molecule has 0 saturated heterocycles. The van der Waals surface area contributed by atoms with Crippen molar-refractivity contribution in [3.8, 4) is 5.75 Å². The van der Waals surface area contributed by atoms with E-state index >= 15 is 0 Å². The zero-order valence-corrected chi connectivity index (χ0v) is 15.8. The van der Waals surface area contributed by atoms with E-state index in [-0.39, 0.29) is 18.6 Å². The van der Waals surface area contributed by atoms with Crippen molar-refractivity contribution in [2.75, 3.05) is 29.7 Å². The number of thioether (sulfide) groups is 2. The number of aromatic nitrogens is 3. The third-order valence-corrected chi connectivity index (χ3v) is 5.68. The van der Waals surface area contributed by atoms with Gasteiger partial charge in [0, 0.05) is 11.3 Å². The SMILES string of the molecule is CSCCC(N)c1nnc2n1N=C(c1ccc3c(c1)NC(=O)CO3)CS2. The van der Waals surface area contributed by atoms with Gasteiger partial charge in [-0.3, -0.25) is 4.79 Å². The monoisotopic (exact) mass is 390 g/mol. The summed E-state index contributed by atoms with van der Waals surface area (Å²) in [6.45, 7) is 0.0461. The molecule has 0 fully saturated rings. The van der Waals surface area contributed by atoms with Crippen LogP contribution in [0.3, 0.4) is 0 Å². The van der Waals surface area contributed by atoms with E-state index in [2.05, 4.69) is 21.8 Å². The van der Waals surface area contributed by atoms with Gasteiger partial charge in [-0.2, -0.15) is 21.5 Å². The first-order valence-corrected chi connectivity index (χ1v) is 10.5. The zero-order valence-electron chi connectivity index (χ0n) is 14.1. The predicted octanol–water partition coefficient (Wildman–Crippen LogP) is 1.72. The summed E-state index contributed by atoms with van der Waals surface area (Å²) in [4.78, 5) is 11.5. The number of anilines is 1. The van der Waals surface area contributed by atoms with E-state index in [1.807, 2.05) is 18.2 Å².